The van der Waals surface area contributed by atoms with Gasteiger partial charge >= 0.3 is 0 Å². The van der Waals surface area contributed by atoms with Crippen molar-refractivity contribution in [2.24, 2.45) is 0 Å². The maximum Gasteiger partial charge on any atom is 0.0643 e. The van der Waals surface area contributed by atoms with Gasteiger partial charge in [-0.05, 0) is 0 Å². The third-order valence-corrected chi connectivity index (χ3v) is 1.89. The van der Waals surface area contributed by atoms with E-state index in [0.717, 1.165) is 32.3 Å². The summed E-state index contributed by atoms with van der Waals surface area (Å²) >= 11 is 0. The summed E-state index contributed by atoms with van der Waals surface area (Å²) in [5.74, 6) is 0. The molecule has 0 spiro atoms. The number of hydrogen-bond donors (Lipinski definition) is 2. The molecule has 3 nitrogen and oxygen atoms in total. The van der Waals surface area contributed by atoms with Gasteiger partial charge in [-0.3, -0.25) is 0 Å². The minimum Gasteiger partial charge on any atom is -0.378 e. The van der Waals surface area contributed by atoms with Gasteiger partial charge in [0.25, 0.3) is 0 Å². The first-order valence-electron chi connectivity index (χ1n) is 3.49. The van der Waals surface area contributed by atoms with Crippen molar-refractivity contribution in [3.63, 3.8) is 0 Å². The minimum atomic E-state index is 0.650. The Morgan fingerprint density at radius 1 is 1.22 bits per heavy atom. The van der Waals surface area contributed by atoms with E-state index in [0.29, 0.717) is 6.04 Å². The lowest BCUT2D eigenvalue weighted by atomic mass is 10.1. The molecule has 2 N–H and O–H groups in total. The van der Waals surface area contributed by atoms with Crippen molar-refractivity contribution < 1.29 is 4.74 Å². The monoisotopic (exact) mass is 128 g/mol. The van der Waals surface area contributed by atoms with Gasteiger partial charge in [0.15, 0.2) is 0 Å². The number of rotatable bonds is 2. The Bertz CT molecular complexity index is 87.2. The predicted octanol–water partition coefficient (Wildman–Crippen LogP) is -1.05. The van der Waals surface area contributed by atoms with Crippen molar-refractivity contribution in [2.45, 2.75) is 12.1 Å². The molecular formula is C6H12N2O. The van der Waals surface area contributed by atoms with Crippen LogP contribution in [0.15, 0.2) is 0 Å². The van der Waals surface area contributed by atoms with Crippen molar-refractivity contribution in [1.29, 1.82) is 0 Å². The van der Waals surface area contributed by atoms with E-state index in [2.05, 4.69) is 10.6 Å². The van der Waals surface area contributed by atoms with E-state index in [1.807, 2.05) is 0 Å². The molecule has 0 amide bonds. The molecule has 2 aliphatic heterocycles. The second kappa shape index (κ2) is 2.25. The molecule has 3 heteroatoms. The Hall–Kier alpha value is -0.120. The van der Waals surface area contributed by atoms with Gasteiger partial charge in [0, 0.05) is 19.1 Å². The zero-order valence-electron chi connectivity index (χ0n) is 5.39. The molecule has 0 aromatic heterocycles. The summed E-state index contributed by atoms with van der Waals surface area (Å²) < 4.78 is 5.02. The second-order valence-electron chi connectivity index (χ2n) is 2.76. The maximum absolute atomic E-state index is 5.02. The largest absolute Gasteiger partial charge is 0.378 e. The highest BCUT2D eigenvalue weighted by molar-refractivity contribution is 4.86. The predicted molar refractivity (Wildman–Crippen MR) is 34.4 cm³/mol. The molecule has 2 saturated heterocycles. The zero-order valence-corrected chi connectivity index (χ0v) is 5.39. The van der Waals surface area contributed by atoms with Crippen LogP contribution in [0.1, 0.15) is 0 Å². The Kier molecular flexibility index (Phi) is 1.41. The van der Waals surface area contributed by atoms with E-state index in [4.69, 9.17) is 4.74 Å². The molecule has 52 valence electrons. The lowest BCUT2D eigenvalue weighted by molar-refractivity contribution is -0.0127. The lowest BCUT2D eigenvalue weighted by Gasteiger charge is -2.36. The summed E-state index contributed by atoms with van der Waals surface area (Å²) in [6, 6.07) is 1.37. The first kappa shape index (κ1) is 5.65. The average molecular weight is 128 g/mol. The van der Waals surface area contributed by atoms with Crippen LogP contribution in [0.2, 0.25) is 0 Å². The molecule has 0 atom stereocenters. The minimum absolute atomic E-state index is 0.650. The van der Waals surface area contributed by atoms with E-state index in [-0.39, 0.29) is 0 Å². The van der Waals surface area contributed by atoms with Gasteiger partial charge in [0.2, 0.25) is 0 Å². The Morgan fingerprint density at radius 3 is 2.33 bits per heavy atom. The van der Waals surface area contributed by atoms with Crippen LogP contribution in [-0.4, -0.2) is 38.4 Å². The molecule has 0 aromatic rings. The summed E-state index contributed by atoms with van der Waals surface area (Å²) in [5.41, 5.74) is 0. The summed E-state index contributed by atoms with van der Waals surface area (Å²) in [6.45, 7) is 4.10. The maximum atomic E-state index is 5.02. The molecule has 2 fully saturated rings. The third kappa shape index (κ3) is 1.08. The van der Waals surface area contributed by atoms with E-state index in [1.54, 1.807) is 0 Å². The van der Waals surface area contributed by atoms with Crippen molar-refractivity contribution in [2.75, 3.05) is 26.3 Å². The normalized spacial score (nSPS) is 29.3. The standard InChI is InChI=1S/C6H12N2O/c1-5(2-7-1)8-6-3-9-4-6/h5-8H,1-4H2. The van der Waals surface area contributed by atoms with E-state index in [1.165, 1.54) is 0 Å². The lowest BCUT2D eigenvalue weighted by Crippen LogP contribution is -2.61. The van der Waals surface area contributed by atoms with Crippen LogP contribution in [0.3, 0.4) is 0 Å². The highest BCUT2D eigenvalue weighted by atomic mass is 16.5. The molecule has 2 rings (SSSR count). The fourth-order valence-corrected chi connectivity index (χ4v) is 1.07. The molecule has 0 bridgehead atoms. The van der Waals surface area contributed by atoms with Gasteiger partial charge in [-0.2, -0.15) is 0 Å². The van der Waals surface area contributed by atoms with Gasteiger partial charge in [0.1, 0.15) is 0 Å². The summed E-state index contributed by atoms with van der Waals surface area (Å²) in [6.07, 6.45) is 0. The molecule has 0 radical (unpaired) electrons. The molecule has 2 aliphatic rings. The van der Waals surface area contributed by atoms with Crippen molar-refractivity contribution in [1.82, 2.24) is 10.6 Å². The van der Waals surface area contributed by atoms with Crippen molar-refractivity contribution in [3.8, 4) is 0 Å². The van der Waals surface area contributed by atoms with Crippen LogP contribution in [0.5, 0.6) is 0 Å². The SMILES string of the molecule is C1NCC1NC1COC1. The first-order valence-corrected chi connectivity index (χ1v) is 3.49. The van der Waals surface area contributed by atoms with Crippen LogP contribution in [0, 0.1) is 0 Å². The van der Waals surface area contributed by atoms with Crippen LogP contribution in [0.25, 0.3) is 0 Å². The third-order valence-electron chi connectivity index (χ3n) is 1.89. The van der Waals surface area contributed by atoms with Gasteiger partial charge in [-0.25, -0.2) is 0 Å². The quantitative estimate of drug-likeness (QED) is 0.497. The molecule has 0 unspecified atom stereocenters. The summed E-state index contributed by atoms with van der Waals surface area (Å²) in [5, 5.41) is 6.68. The fourth-order valence-electron chi connectivity index (χ4n) is 1.07. The van der Waals surface area contributed by atoms with Gasteiger partial charge in [-0.1, -0.05) is 0 Å². The molecule has 9 heavy (non-hydrogen) atoms. The molecule has 0 aromatic carbocycles. The van der Waals surface area contributed by atoms with E-state index < -0.39 is 0 Å². The van der Waals surface area contributed by atoms with E-state index >= 15 is 0 Å². The fraction of sp³-hybridized carbons (Fsp3) is 1.00. The molecule has 0 saturated carbocycles. The highest BCUT2D eigenvalue weighted by Gasteiger charge is 2.24. The molecule has 0 aliphatic carbocycles. The highest BCUT2D eigenvalue weighted by Crippen LogP contribution is 2.02. The van der Waals surface area contributed by atoms with Crippen LogP contribution in [-0.2, 0) is 4.74 Å². The summed E-state index contributed by atoms with van der Waals surface area (Å²) in [7, 11) is 0. The smallest absolute Gasteiger partial charge is 0.0643 e. The second-order valence-corrected chi connectivity index (χ2v) is 2.76. The van der Waals surface area contributed by atoms with Gasteiger partial charge in [0.05, 0.1) is 19.3 Å². The summed E-state index contributed by atoms with van der Waals surface area (Å²) in [4.78, 5) is 0. The van der Waals surface area contributed by atoms with Crippen LogP contribution < -0.4 is 10.6 Å². The van der Waals surface area contributed by atoms with E-state index in [9.17, 15) is 0 Å². The average Bonchev–Trinajstić information content (AvgIpc) is 1.57. The topological polar surface area (TPSA) is 33.3 Å². The zero-order chi connectivity index (χ0) is 6.10. The van der Waals surface area contributed by atoms with Crippen molar-refractivity contribution in [3.05, 3.63) is 0 Å². The first-order chi connectivity index (χ1) is 4.45. The van der Waals surface area contributed by atoms with Gasteiger partial charge < -0.3 is 15.4 Å². The van der Waals surface area contributed by atoms with Crippen LogP contribution in [0.4, 0.5) is 0 Å². The van der Waals surface area contributed by atoms with Gasteiger partial charge in [-0.15, -0.1) is 0 Å². The number of hydrogen-bond acceptors (Lipinski definition) is 3. The Morgan fingerprint density at radius 2 is 2.00 bits per heavy atom. The van der Waals surface area contributed by atoms with Crippen molar-refractivity contribution >= 4 is 0 Å². The number of nitrogens with one attached hydrogen (secondary N) is 2. The number of ether oxygens (including phenoxy) is 1. The van der Waals surface area contributed by atoms with Crippen LogP contribution >= 0.6 is 0 Å². The molecule has 2 heterocycles. The Labute approximate surface area is 54.8 Å². The molecular weight excluding hydrogens is 116 g/mol. The Balaban J connectivity index is 1.64.